The topological polar surface area (TPSA) is 81.2 Å². The second-order valence-corrected chi connectivity index (χ2v) is 4.96. The van der Waals surface area contributed by atoms with Gasteiger partial charge in [0.05, 0.1) is 6.20 Å². The second kappa shape index (κ2) is 4.73. The number of nitrogens with zero attached hydrogens (tertiary/aromatic N) is 3. The van der Waals surface area contributed by atoms with Gasteiger partial charge < -0.3 is 5.73 Å². The van der Waals surface area contributed by atoms with Crippen LogP contribution < -0.4 is 5.73 Å². The molecule has 0 fully saturated rings. The van der Waals surface area contributed by atoms with Crippen molar-refractivity contribution in [1.82, 2.24) is 14.1 Å². The molecule has 0 aliphatic rings. The minimum Gasteiger partial charge on any atom is -0.329 e. The van der Waals surface area contributed by atoms with Crippen molar-refractivity contribution in [2.75, 3.05) is 19.6 Å². The van der Waals surface area contributed by atoms with Crippen molar-refractivity contribution in [3.8, 4) is 0 Å². The summed E-state index contributed by atoms with van der Waals surface area (Å²) in [4.78, 5) is 0. The number of nitrogens with two attached hydrogens (primary N) is 1. The Hall–Kier alpha value is -0.920. The summed E-state index contributed by atoms with van der Waals surface area (Å²) >= 11 is 0. The molecule has 0 bridgehead atoms. The summed E-state index contributed by atoms with van der Waals surface area (Å²) in [6.07, 6.45) is 1.46. The van der Waals surface area contributed by atoms with E-state index in [9.17, 15) is 8.42 Å². The van der Waals surface area contributed by atoms with Crippen LogP contribution in [0.3, 0.4) is 0 Å². The van der Waals surface area contributed by atoms with Crippen molar-refractivity contribution in [2.24, 2.45) is 12.8 Å². The van der Waals surface area contributed by atoms with Crippen LogP contribution in [-0.4, -0.2) is 42.1 Å². The van der Waals surface area contributed by atoms with E-state index in [4.69, 9.17) is 5.73 Å². The zero-order valence-electron chi connectivity index (χ0n) is 8.92. The Labute approximate surface area is 89.7 Å². The van der Waals surface area contributed by atoms with E-state index < -0.39 is 10.0 Å². The van der Waals surface area contributed by atoms with Crippen LogP contribution in [0.1, 0.15) is 6.92 Å². The number of sulfonamides is 1. The Morgan fingerprint density at radius 1 is 1.60 bits per heavy atom. The van der Waals surface area contributed by atoms with E-state index in [1.807, 2.05) is 0 Å². The predicted octanol–water partition coefficient (Wildman–Crippen LogP) is -0.611. The third-order valence-electron chi connectivity index (χ3n) is 2.11. The van der Waals surface area contributed by atoms with Crippen LogP contribution in [0.5, 0.6) is 0 Å². The van der Waals surface area contributed by atoms with Gasteiger partial charge in [0.25, 0.3) is 10.0 Å². The summed E-state index contributed by atoms with van der Waals surface area (Å²) in [5.74, 6) is 0. The molecule has 0 aliphatic heterocycles. The summed E-state index contributed by atoms with van der Waals surface area (Å²) in [6, 6.07) is 1.48. The average Bonchev–Trinajstić information content (AvgIpc) is 2.61. The van der Waals surface area contributed by atoms with E-state index in [2.05, 4.69) is 5.10 Å². The molecule has 15 heavy (non-hydrogen) atoms. The Bertz CT molecular complexity index is 412. The Morgan fingerprint density at radius 3 is 2.67 bits per heavy atom. The molecule has 0 atom stereocenters. The quantitative estimate of drug-likeness (QED) is 0.734. The van der Waals surface area contributed by atoms with Gasteiger partial charge in [0.1, 0.15) is 0 Å². The third kappa shape index (κ3) is 2.36. The highest BCUT2D eigenvalue weighted by molar-refractivity contribution is 7.89. The lowest BCUT2D eigenvalue weighted by Crippen LogP contribution is -2.36. The summed E-state index contributed by atoms with van der Waals surface area (Å²) in [5, 5.41) is 4.03. The molecule has 1 heterocycles. The van der Waals surface area contributed by atoms with Gasteiger partial charge in [-0.25, -0.2) is 8.42 Å². The van der Waals surface area contributed by atoms with Gasteiger partial charge >= 0.3 is 0 Å². The Balaban J connectivity index is 3.06. The molecule has 0 aliphatic carbocycles. The zero-order valence-corrected chi connectivity index (χ0v) is 9.74. The number of hydrogen-bond acceptors (Lipinski definition) is 4. The predicted molar refractivity (Wildman–Crippen MR) is 56.7 cm³/mol. The van der Waals surface area contributed by atoms with Crippen molar-refractivity contribution in [3.63, 3.8) is 0 Å². The van der Waals surface area contributed by atoms with Gasteiger partial charge in [0, 0.05) is 26.7 Å². The standard InChI is InChI=1S/C8H16N4O2S/c1-3-12(7-5-9)15(13,14)8-4-6-10-11(8)2/h4,6H,3,5,7,9H2,1-2H3. The van der Waals surface area contributed by atoms with E-state index in [1.165, 1.54) is 21.3 Å². The molecule has 0 unspecified atom stereocenters. The van der Waals surface area contributed by atoms with Gasteiger partial charge in [-0.2, -0.15) is 9.40 Å². The van der Waals surface area contributed by atoms with Crippen LogP contribution in [0.4, 0.5) is 0 Å². The fourth-order valence-corrected chi connectivity index (χ4v) is 2.90. The summed E-state index contributed by atoms with van der Waals surface area (Å²) in [6.45, 7) is 2.82. The molecule has 1 aromatic rings. The van der Waals surface area contributed by atoms with Crippen LogP contribution in [-0.2, 0) is 17.1 Å². The van der Waals surface area contributed by atoms with E-state index in [0.29, 0.717) is 19.6 Å². The number of aryl methyl sites for hydroxylation is 1. The Kier molecular flexibility index (Phi) is 3.83. The van der Waals surface area contributed by atoms with Gasteiger partial charge in [-0.3, -0.25) is 4.68 Å². The van der Waals surface area contributed by atoms with E-state index in [-0.39, 0.29) is 5.03 Å². The van der Waals surface area contributed by atoms with E-state index >= 15 is 0 Å². The van der Waals surface area contributed by atoms with Gasteiger partial charge in [-0.1, -0.05) is 6.92 Å². The lowest BCUT2D eigenvalue weighted by atomic mass is 10.6. The van der Waals surface area contributed by atoms with Crippen molar-refractivity contribution < 1.29 is 8.42 Å². The largest absolute Gasteiger partial charge is 0.329 e. The fraction of sp³-hybridized carbons (Fsp3) is 0.625. The Morgan fingerprint density at radius 2 is 2.27 bits per heavy atom. The van der Waals surface area contributed by atoms with Gasteiger partial charge in [-0.15, -0.1) is 0 Å². The normalized spacial score (nSPS) is 12.3. The van der Waals surface area contributed by atoms with Crippen LogP contribution in [0.15, 0.2) is 17.3 Å². The molecule has 7 heteroatoms. The number of hydrogen-bond donors (Lipinski definition) is 1. The maximum absolute atomic E-state index is 12.0. The van der Waals surface area contributed by atoms with Crippen molar-refractivity contribution in [3.05, 3.63) is 12.3 Å². The third-order valence-corrected chi connectivity index (χ3v) is 4.16. The van der Waals surface area contributed by atoms with Crippen LogP contribution >= 0.6 is 0 Å². The average molecular weight is 232 g/mol. The van der Waals surface area contributed by atoms with Crippen LogP contribution in [0.2, 0.25) is 0 Å². The molecular formula is C8H16N4O2S. The zero-order chi connectivity index (χ0) is 11.5. The first-order valence-electron chi connectivity index (χ1n) is 4.72. The van der Waals surface area contributed by atoms with E-state index in [0.717, 1.165) is 0 Å². The van der Waals surface area contributed by atoms with Crippen molar-refractivity contribution >= 4 is 10.0 Å². The molecule has 0 saturated heterocycles. The SMILES string of the molecule is CCN(CCN)S(=O)(=O)c1ccnn1C. The molecule has 0 radical (unpaired) electrons. The number of rotatable bonds is 5. The molecule has 2 N–H and O–H groups in total. The highest BCUT2D eigenvalue weighted by Gasteiger charge is 2.24. The number of likely N-dealkylation sites (N-methyl/N-ethyl adjacent to an activating group) is 1. The minimum absolute atomic E-state index is 0.192. The molecule has 0 aromatic carbocycles. The summed E-state index contributed by atoms with van der Waals surface area (Å²) in [5.41, 5.74) is 5.36. The molecule has 86 valence electrons. The van der Waals surface area contributed by atoms with Crippen molar-refractivity contribution in [2.45, 2.75) is 11.9 Å². The van der Waals surface area contributed by atoms with Gasteiger partial charge in [-0.05, 0) is 6.07 Å². The van der Waals surface area contributed by atoms with Crippen molar-refractivity contribution in [1.29, 1.82) is 0 Å². The maximum atomic E-state index is 12.0. The highest BCUT2D eigenvalue weighted by atomic mass is 32.2. The second-order valence-electron chi connectivity index (χ2n) is 3.08. The molecular weight excluding hydrogens is 216 g/mol. The molecule has 0 spiro atoms. The molecule has 6 nitrogen and oxygen atoms in total. The van der Waals surface area contributed by atoms with E-state index in [1.54, 1.807) is 14.0 Å². The lowest BCUT2D eigenvalue weighted by molar-refractivity contribution is 0.428. The van der Waals surface area contributed by atoms with Gasteiger partial charge in [0.15, 0.2) is 5.03 Å². The first-order chi connectivity index (χ1) is 7.04. The lowest BCUT2D eigenvalue weighted by Gasteiger charge is -2.19. The molecule has 1 aromatic heterocycles. The fourth-order valence-electron chi connectivity index (χ4n) is 1.34. The maximum Gasteiger partial charge on any atom is 0.260 e. The minimum atomic E-state index is -3.45. The molecule has 0 amide bonds. The molecule has 0 saturated carbocycles. The summed E-state index contributed by atoms with van der Waals surface area (Å²) < 4.78 is 26.8. The monoisotopic (exact) mass is 232 g/mol. The smallest absolute Gasteiger partial charge is 0.260 e. The first-order valence-corrected chi connectivity index (χ1v) is 6.16. The van der Waals surface area contributed by atoms with Crippen LogP contribution in [0.25, 0.3) is 0 Å². The number of aromatic nitrogens is 2. The van der Waals surface area contributed by atoms with Crippen LogP contribution in [0, 0.1) is 0 Å². The highest BCUT2D eigenvalue weighted by Crippen LogP contribution is 2.13. The molecule has 1 rings (SSSR count). The first kappa shape index (κ1) is 12.2. The summed E-state index contributed by atoms with van der Waals surface area (Å²) in [7, 11) is -1.85. The van der Waals surface area contributed by atoms with Gasteiger partial charge in [0.2, 0.25) is 0 Å².